The molecule has 0 bridgehead atoms. The van der Waals surface area contributed by atoms with Crippen molar-refractivity contribution in [2.24, 2.45) is 0 Å². The lowest BCUT2D eigenvalue weighted by molar-refractivity contribution is -0.111. The average Bonchev–Trinajstić information content (AvgIpc) is 2.88. The molecule has 2 fully saturated rings. The Morgan fingerprint density at radius 1 is 1.23 bits per heavy atom. The van der Waals surface area contributed by atoms with Crippen LogP contribution in [0.5, 0.6) is 0 Å². The molecule has 0 saturated carbocycles. The lowest BCUT2D eigenvalue weighted by atomic mass is 9.71. The number of fused-ring (bicyclic) bond motifs is 2. The molecule has 3 aliphatic rings. The second kappa shape index (κ2) is 4.98. The predicted molar refractivity (Wildman–Crippen MR) is 81.0 cm³/mol. The highest BCUT2D eigenvalue weighted by molar-refractivity contribution is 5.82. The largest absolute Gasteiger partial charge is 0.378 e. The molecule has 6 heteroatoms. The third kappa shape index (κ3) is 1.83. The zero-order chi connectivity index (χ0) is 15.2. The van der Waals surface area contributed by atoms with Gasteiger partial charge in [0, 0.05) is 31.9 Å². The first kappa shape index (κ1) is 13.6. The number of urea groups is 1. The van der Waals surface area contributed by atoms with E-state index in [2.05, 4.69) is 11.4 Å². The summed E-state index contributed by atoms with van der Waals surface area (Å²) in [6.45, 7) is 3.69. The molecule has 1 atom stereocenters. The van der Waals surface area contributed by atoms with Crippen molar-refractivity contribution >= 4 is 18.0 Å². The number of morpholine rings is 1. The molecule has 1 aromatic carbocycles. The van der Waals surface area contributed by atoms with Gasteiger partial charge in [0.25, 0.3) is 0 Å². The number of likely N-dealkylation sites (tertiary alicyclic amines) is 1. The molecule has 0 radical (unpaired) electrons. The Morgan fingerprint density at radius 3 is 2.68 bits per heavy atom. The van der Waals surface area contributed by atoms with Crippen LogP contribution in [-0.4, -0.2) is 67.6 Å². The third-order valence-electron chi connectivity index (χ3n) is 5.00. The number of amides is 2. The molecule has 4 rings (SSSR count). The van der Waals surface area contributed by atoms with E-state index in [1.54, 1.807) is 0 Å². The maximum atomic E-state index is 12.5. The summed E-state index contributed by atoms with van der Waals surface area (Å²) >= 11 is 0. The number of ether oxygens (including phenoxy) is 1. The van der Waals surface area contributed by atoms with Crippen LogP contribution < -0.4 is 5.32 Å². The number of hydrogen-bond acceptors (Lipinski definition) is 4. The molecule has 3 aliphatic heterocycles. The van der Waals surface area contributed by atoms with Gasteiger partial charge in [0.2, 0.25) is 0 Å². The molecular formula is C16H19N3O3. The van der Waals surface area contributed by atoms with E-state index in [9.17, 15) is 9.59 Å². The Balaban J connectivity index is 1.53. The minimum absolute atomic E-state index is 0.0583. The third-order valence-corrected chi connectivity index (χ3v) is 5.00. The Bertz CT molecular complexity index is 606. The summed E-state index contributed by atoms with van der Waals surface area (Å²) in [7, 11) is 0. The second-order valence-electron chi connectivity index (χ2n) is 6.20. The normalized spacial score (nSPS) is 25.4. The molecule has 2 amide bonds. The molecule has 1 N–H and O–H groups in total. The minimum atomic E-state index is -0.264. The molecule has 1 unspecified atom stereocenters. The first-order valence-corrected chi connectivity index (χ1v) is 7.67. The highest BCUT2D eigenvalue weighted by Crippen LogP contribution is 2.46. The zero-order valence-corrected chi connectivity index (χ0v) is 12.3. The molecule has 116 valence electrons. The molecule has 6 nitrogen and oxygen atoms in total. The number of nitrogens with one attached hydrogen (secondary N) is 1. The van der Waals surface area contributed by atoms with Crippen LogP contribution in [0.25, 0.3) is 0 Å². The van der Waals surface area contributed by atoms with Gasteiger partial charge in [0.05, 0.1) is 24.7 Å². The molecule has 3 heterocycles. The van der Waals surface area contributed by atoms with Crippen molar-refractivity contribution in [3.63, 3.8) is 0 Å². The van der Waals surface area contributed by atoms with Gasteiger partial charge in [-0.3, -0.25) is 0 Å². The van der Waals surface area contributed by atoms with Crippen molar-refractivity contribution in [1.82, 2.24) is 9.80 Å². The number of rotatable bonds is 1. The summed E-state index contributed by atoms with van der Waals surface area (Å²) in [6, 6.07) is 7.81. The van der Waals surface area contributed by atoms with Crippen LogP contribution in [0.3, 0.4) is 0 Å². The summed E-state index contributed by atoms with van der Waals surface area (Å²) in [5.41, 5.74) is 1.90. The van der Waals surface area contributed by atoms with Crippen LogP contribution in [0.4, 0.5) is 10.5 Å². The number of benzene rings is 1. The number of carbonyl (C=O) groups excluding carboxylic acids is 2. The van der Waals surface area contributed by atoms with Crippen LogP contribution in [0, 0.1) is 0 Å². The van der Waals surface area contributed by atoms with Gasteiger partial charge >= 0.3 is 6.03 Å². The van der Waals surface area contributed by atoms with E-state index < -0.39 is 0 Å². The number of para-hydroxylation sites is 1. The molecule has 2 saturated heterocycles. The number of carbonyl (C=O) groups is 2. The van der Waals surface area contributed by atoms with E-state index in [0.717, 1.165) is 17.5 Å². The van der Waals surface area contributed by atoms with Crippen molar-refractivity contribution in [1.29, 1.82) is 0 Å². The molecule has 22 heavy (non-hydrogen) atoms. The predicted octanol–water partition coefficient (Wildman–Crippen LogP) is 0.685. The Morgan fingerprint density at radius 2 is 1.95 bits per heavy atom. The summed E-state index contributed by atoms with van der Waals surface area (Å²) in [4.78, 5) is 27.7. The standard InChI is InChI=1S/C16H19N3O3/c20-9-14-16(12-3-1-2-4-13(12)17-14)10-19(11-16)15(21)18-5-7-22-8-6-18/h1-4,9,14,17H,5-8,10-11H2. The van der Waals surface area contributed by atoms with Gasteiger partial charge in [-0.2, -0.15) is 0 Å². The highest BCUT2D eigenvalue weighted by Gasteiger charge is 2.56. The van der Waals surface area contributed by atoms with Crippen LogP contribution in [0.2, 0.25) is 0 Å². The van der Waals surface area contributed by atoms with Crippen molar-refractivity contribution in [2.45, 2.75) is 11.5 Å². The van der Waals surface area contributed by atoms with Gasteiger partial charge in [-0.05, 0) is 11.6 Å². The van der Waals surface area contributed by atoms with Gasteiger partial charge in [0.1, 0.15) is 6.29 Å². The summed E-state index contributed by atoms with van der Waals surface area (Å²) in [5, 5.41) is 3.28. The number of hydrogen-bond donors (Lipinski definition) is 1. The Hall–Kier alpha value is -2.08. The Kier molecular flexibility index (Phi) is 3.07. The van der Waals surface area contributed by atoms with E-state index in [1.807, 2.05) is 28.0 Å². The van der Waals surface area contributed by atoms with Gasteiger partial charge in [-0.15, -0.1) is 0 Å². The van der Waals surface area contributed by atoms with E-state index in [1.165, 1.54) is 0 Å². The average molecular weight is 301 g/mol. The number of nitrogens with zero attached hydrogens (tertiary/aromatic N) is 2. The fraction of sp³-hybridized carbons (Fsp3) is 0.500. The van der Waals surface area contributed by atoms with E-state index in [-0.39, 0.29) is 17.5 Å². The van der Waals surface area contributed by atoms with Crippen LogP contribution >= 0.6 is 0 Å². The summed E-state index contributed by atoms with van der Waals surface area (Å²) in [6.07, 6.45) is 0.969. The van der Waals surface area contributed by atoms with Crippen molar-refractivity contribution in [3.8, 4) is 0 Å². The van der Waals surface area contributed by atoms with Gasteiger partial charge in [0.15, 0.2) is 0 Å². The van der Waals surface area contributed by atoms with Gasteiger partial charge in [-0.25, -0.2) is 4.79 Å². The second-order valence-corrected chi connectivity index (χ2v) is 6.20. The van der Waals surface area contributed by atoms with Crippen LogP contribution in [-0.2, 0) is 14.9 Å². The molecule has 1 aromatic rings. The van der Waals surface area contributed by atoms with Crippen LogP contribution in [0.15, 0.2) is 24.3 Å². The number of anilines is 1. The van der Waals surface area contributed by atoms with Crippen molar-refractivity contribution in [3.05, 3.63) is 29.8 Å². The van der Waals surface area contributed by atoms with Gasteiger partial charge < -0.3 is 24.6 Å². The SMILES string of the molecule is O=CC1Nc2ccccc2C12CN(C(=O)N1CCOCC1)C2. The van der Waals surface area contributed by atoms with Crippen LogP contribution in [0.1, 0.15) is 5.56 Å². The molecule has 1 spiro atoms. The first-order valence-electron chi connectivity index (χ1n) is 7.67. The smallest absolute Gasteiger partial charge is 0.320 e. The van der Waals surface area contributed by atoms with Crippen molar-refractivity contribution < 1.29 is 14.3 Å². The molecular weight excluding hydrogens is 282 g/mol. The maximum Gasteiger partial charge on any atom is 0.320 e. The van der Waals surface area contributed by atoms with E-state index in [0.29, 0.717) is 39.4 Å². The topological polar surface area (TPSA) is 61.9 Å². The first-order chi connectivity index (χ1) is 10.7. The lowest BCUT2D eigenvalue weighted by Gasteiger charge is -2.51. The maximum absolute atomic E-state index is 12.5. The fourth-order valence-corrected chi connectivity index (χ4v) is 3.77. The fourth-order valence-electron chi connectivity index (χ4n) is 3.77. The van der Waals surface area contributed by atoms with Crippen molar-refractivity contribution in [2.75, 3.05) is 44.7 Å². The van der Waals surface area contributed by atoms with Gasteiger partial charge in [-0.1, -0.05) is 18.2 Å². The quantitative estimate of drug-likeness (QED) is 0.775. The molecule has 0 aromatic heterocycles. The highest BCUT2D eigenvalue weighted by atomic mass is 16.5. The molecule has 0 aliphatic carbocycles. The summed E-state index contributed by atoms with van der Waals surface area (Å²) in [5.74, 6) is 0. The zero-order valence-electron chi connectivity index (χ0n) is 12.3. The monoisotopic (exact) mass is 301 g/mol. The van der Waals surface area contributed by atoms with E-state index >= 15 is 0 Å². The van der Waals surface area contributed by atoms with E-state index in [4.69, 9.17) is 4.74 Å². The minimum Gasteiger partial charge on any atom is -0.378 e. The lowest BCUT2D eigenvalue weighted by Crippen LogP contribution is -2.68. The Labute approximate surface area is 129 Å². The summed E-state index contributed by atoms with van der Waals surface area (Å²) < 4.78 is 5.29. The number of aldehydes is 1.